The Balaban J connectivity index is 1.73. The Hall–Kier alpha value is -1.86. The van der Waals surface area contributed by atoms with Crippen molar-refractivity contribution in [2.75, 3.05) is 22.1 Å². The van der Waals surface area contributed by atoms with Gasteiger partial charge in [0.1, 0.15) is 5.82 Å². The van der Waals surface area contributed by atoms with Crippen LogP contribution in [0, 0.1) is 12.7 Å². The highest BCUT2D eigenvalue weighted by molar-refractivity contribution is 9.10. The second-order valence-electron chi connectivity index (χ2n) is 5.06. The van der Waals surface area contributed by atoms with Crippen molar-refractivity contribution in [2.24, 2.45) is 0 Å². The van der Waals surface area contributed by atoms with Gasteiger partial charge in [0.25, 0.3) is 0 Å². The number of benzene rings is 2. The fraction of sp³-hybridized carbons (Fsp3) is 0.176. The Morgan fingerprint density at radius 3 is 2.29 bits per heavy atom. The summed E-state index contributed by atoms with van der Waals surface area (Å²) in [5.41, 5.74) is 2.23. The van der Waals surface area contributed by atoms with Gasteiger partial charge in [0.15, 0.2) is 0 Å². The molecule has 0 bridgehead atoms. The summed E-state index contributed by atoms with van der Waals surface area (Å²) < 4.78 is 13.7. The van der Waals surface area contributed by atoms with Gasteiger partial charge in [-0.1, -0.05) is 15.9 Å². The van der Waals surface area contributed by atoms with Crippen molar-refractivity contribution in [3.8, 4) is 0 Å². The average molecular weight is 411 g/mol. The molecule has 2 aromatic rings. The van der Waals surface area contributed by atoms with Crippen LogP contribution in [0.5, 0.6) is 0 Å². The van der Waals surface area contributed by atoms with E-state index in [2.05, 4.69) is 26.6 Å². The molecule has 0 saturated heterocycles. The van der Waals surface area contributed by atoms with Crippen LogP contribution in [-0.2, 0) is 9.59 Å². The molecule has 2 amide bonds. The third-order valence-electron chi connectivity index (χ3n) is 3.06. The summed E-state index contributed by atoms with van der Waals surface area (Å²) in [5, 5.41) is 5.46. The molecule has 7 heteroatoms. The molecule has 126 valence electrons. The summed E-state index contributed by atoms with van der Waals surface area (Å²) in [6.45, 7) is 1.91. The van der Waals surface area contributed by atoms with Gasteiger partial charge in [-0.3, -0.25) is 9.59 Å². The van der Waals surface area contributed by atoms with E-state index in [4.69, 9.17) is 0 Å². The summed E-state index contributed by atoms with van der Waals surface area (Å²) in [7, 11) is 0. The standard InChI is InChI=1S/C17H16BrFN2O2S/c1-11-8-12(18)2-7-15(11)21-17(23)10-24-9-16(22)20-14-5-3-13(19)4-6-14/h2-8H,9-10H2,1H3,(H,20,22)(H,21,23). The maximum Gasteiger partial charge on any atom is 0.234 e. The number of rotatable bonds is 6. The normalized spacial score (nSPS) is 10.3. The topological polar surface area (TPSA) is 58.2 Å². The van der Waals surface area contributed by atoms with Gasteiger partial charge in [0.2, 0.25) is 11.8 Å². The third-order valence-corrected chi connectivity index (χ3v) is 4.48. The summed E-state index contributed by atoms with van der Waals surface area (Å²) in [5.74, 6) is -0.447. The van der Waals surface area contributed by atoms with E-state index in [1.54, 1.807) is 0 Å². The Bertz CT molecular complexity index is 738. The monoisotopic (exact) mass is 410 g/mol. The molecule has 0 aliphatic carbocycles. The molecule has 2 aromatic carbocycles. The Morgan fingerprint density at radius 2 is 1.67 bits per heavy atom. The predicted molar refractivity (Wildman–Crippen MR) is 99.9 cm³/mol. The van der Waals surface area contributed by atoms with Gasteiger partial charge >= 0.3 is 0 Å². The molecule has 0 aliphatic rings. The number of halogens is 2. The van der Waals surface area contributed by atoms with Gasteiger partial charge in [-0.15, -0.1) is 11.8 Å². The van der Waals surface area contributed by atoms with Crippen molar-refractivity contribution >= 4 is 50.9 Å². The van der Waals surface area contributed by atoms with Crippen LogP contribution in [0.4, 0.5) is 15.8 Å². The molecule has 0 radical (unpaired) electrons. The number of nitrogens with one attached hydrogen (secondary N) is 2. The first-order chi connectivity index (χ1) is 11.4. The Labute approximate surface area is 152 Å². The number of aryl methyl sites for hydroxylation is 1. The molecule has 0 fully saturated rings. The molecule has 0 heterocycles. The van der Waals surface area contributed by atoms with Gasteiger partial charge in [-0.2, -0.15) is 0 Å². The number of hydrogen-bond acceptors (Lipinski definition) is 3. The minimum Gasteiger partial charge on any atom is -0.325 e. The number of carbonyl (C=O) groups is 2. The zero-order valence-electron chi connectivity index (χ0n) is 12.9. The van der Waals surface area contributed by atoms with Crippen LogP contribution in [0.15, 0.2) is 46.9 Å². The van der Waals surface area contributed by atoms with Crippen molar-refractivity contribution in [1.82, 2.24) is 0 Å². The lowest BCUT2D eigenvalue weighted by Gasteiger charge is -2.09. The van der Waals surface area contributed by atoms with Gasteiger partial charge in [-0.25, -0.2) is 4.39 Å². The predicted octanol–water partition coefficient (Wildman–Crippen LogP) is 4.21. The van der Waals surface area contributed by atoms with Crippen LogP contribution in [-0.4, -0.2) is 23.3 Å². The molecule has 0 atom stereocenters. The lowest BCUT2D eigenvalue weighted by Crippen LogP contribution is -2.18. The van der Waals surface area contributed by atoms with Crippen molar-refractivity contribution in [1.29, 1.82) is 0 Å². The first-order valence-corrected chi connectivity index (χ1v) is 9.08. The van der Waals surface area contributed by atoms with Crippen LogP contribution < -0.4 is 10.6 Å². The van der Waals surface area contributed by atoms with Gasteiger partial charge < -0.3 is 10.6 Å². The van der Waals surface area contributed by atoms with Crippen LogP contribution in [0.3, 0.4) is 0 Å². The minimum atomic E-state index is -0.359. The van der Waals surface area contributed by atoms with Gasteiger partial charge in [-0.05, 0) is 55.0 Å². The molecule has 0 aliphatic heterocycles. The SMILES string of the molecule is Cc1cc(Br)ccc1NC(=O)CSCC(=O)Nc1ccc(F)cc1. The zero-order valence-corrected chi connectivity index (χ0v) is 15.3. The maximum atomic E-state index is 12.8. The molecule has 0 unspecified atom stereocenters. The van der Waals surface area contributed by atoms with E-state index >= 15 is 0 Å². The minimum absolute atomic E-state index is 0.143. The third kappa shape index (κ3) is 5.98. The largest absolute Gasteiger partial charge is 0.325 e. The molecule has 0 spiro atoms. The quantitative estimate of drug-likeness (QED) is 0.749. The fourth-order valence-electron chi connectivity index (χ4n) is 1.92. The number of hydrogen-bond donors (Lipinski definition) is 2. The number of thioether (sulfide) groups is 1. The van der Waals surface area contributed by atoms with Crippen LogP contribution in [0.25, 0.3) is 0 Å². The molecule has 2 rings (SSSR count). The molecule has 24 heavy (non-hydrogen) atoms. The lowest BCUT2D eigenvalue weighted by molar-refractivity contribution is -0.114. The summed E-state index contributed by atoms with van der Waals surface area (Å²) in [6.07, 6.45) is 0. The summed E-state index contributed by atoms with van der Waals surface area (Å²) >= 11 is 4.58. The number of amides is 2. The van der Waals surface area contributed by atoms with E-state index in [0.29, 0.717) is 5.69 Å². The van der Waals surface area contributed by atoms with Crippen LogP contribution in [0.2, 0.25) is 0 Å². The summed E-state index contributed by atoms with van der Waals surface area (Å²) in [4.78, 5) is 23.7. The van der Waals surface area contributed by atoms with E-state index in [1.807, 2.05) is 25.1 Å². The van der Waals surface area contributed by atoms with Crippen LogP contribution in [0.1, 0.15) is 5.56 Å². The second-order valence-corrected chi connectivity index (χ2v) is 6.96. The first kappa shape index (κ1) is 18.5. The van der Waals surface area contributed by atoms with Gasteiger partial charge in [0.05, 0.1) is 11.5 Å². The first-order valence-electron chi connectivity index (χ1n) is 7.13. The highest BCUT2D eigenvalue weighted by Gasteiger charge is 2.08. The van der Waals surface area contributed by atoms with E-state index in [-0.39, 0.29) is 29.1 Å². The fourth-order valence-corrected chi connectivity index (χ4v) is 3.01. The van der Waals surface area contributed by atoms with Crippen LogP contribution >= 0.6 is 27.7 Å². The second kappa shape index (κ2) is 8.84. The molecule has 0 aromatic heterocycles. The van der Waals surface area contributed by atoms with Crippen molar-refractivity contribution in [3.05, 3.63) is 58.3 Å². The van der Waals surface area contributed by atoms with Gasteiger partial charge in [0, 0.05) is 15.8 Å². The Morgan fingerprint density at radius 1 is 1.04 bits per heavy atom. The number of carbonyl (C=O) groups excluding carboxylic acids is 2. The highest BCUT2D eigenvalue weighted by atomic mass is 79.9. The number of anilines is 2. The van der Waals surface area contributed by atoms with Crippen molar-refractivity contribution < 1.29 is 14.0 Å². The average Bonchev–Trinajstić information content (AvgIpc) is 2.52. The zero-order chi connectivity index (χ0) is 17.5. The van der Waals surface area contributed by atoms with Crippen molar-refractivity contribution in [3.63, 3.8) is 0 Å². The molecular weight excluding hydrogens is 395 g/mol. The summed E-state index contributed by atoms with van der Waals surface area (Å²) in [6, 6.07) is 11.1. The molecular formula is C17H16BrFN2O2S. The molecule has 4 nitrogen and oxygen atoms in total. The lowest BCUT2D eigenvalue weighted by atomic mass is 10.2. The highest BCUT2D eigenvalue weighted by Crippen LogP contribution is 2.20. The smallest absolute Gasteiger partial charge is 0.234 e. The maximum absolute atomic E-state index is 12.8. The van der Waals surface area contributed by atoms with E-state index < -0.39 is 0 Å². The Kier molecular flexibility index (Phi) is 6.81. The van der Waals surface area contributed by atoms with E-state index in [0.717, 1.165) is 15.7 Å². The molecule has 2 N–H and O–H groups in total. The molecule has 0 saturated carbocycles. The van der Waals surface area contributed by atoms with Crippen molar-refractivity contribution in [2.45, 2.75) is 6.92 Å². The van der Waals surface area contributed by atoms with E-state index in [1.165, 1.54) is 36.0 Å². The van der Waals surface area contributed by atoms with E-state index in [9.17, 15) is 14.0 Å².